The molecule has 17 heavy (non-hydrogen) atoms. The Labute approximate surface area is 95.6 Å². The van der Waals surface area contributed by atoms with Gasteiger partial charge in [0.25, 0.3) is 5.92 Å². The van der Waals surface area contributed by atoms with Gasteiger partial charge in [-0.1, -0.05) is 0 Å². The van der Waals surface area contributed by atoms with Gasteiger partial charge in [-0.15, -0.1) is 0 Å². The van der Waals surface area contributed by atoms with E-state index >= 15 is 0 Å². The molecule has 0 atom stereocenters. The smallest absolute Gasteiger partial charge is 0.316 e. The van der Waals surface area contributed by atoms with Crippen molar-refractivity contribution in [2.24, 2.45) is 0 Å². The largest absolute Gasteiger partial charge is 0.416 e. The number of hydrogen-bond acceptors (Lipinski definition) is 1. The summed E-state index contributed by atoms with van der Waals surface area (Å²) in [5.41, 5.74) is -1.50. The Kier molecular flexibility index (Phi) is 3.76. The van der Waals surface area contributed by atoms with Crippen molar-refractivity contribution in [1.82, 2.24) is 5.32 Å². The van der Waals surface area contributed by atoms with Gasteiger partial charge in [0.2, 0.25) is 0 Å². The first kappa shape index (κ1) is 13.9. The van der Waals surface area contributed by atoms with Crippen LogP contribution in [-0.2, 0) is 18.6 Å². The van der Waals surface area contributed by atoms with Gasteiger partial charge in [0.15, 0.2) is 0 Å². The van der Waals surface area contributed by atoms with Crippen LogP contribution in [0.3, 0.4) is 0 Å². The topological polar surface area (TPSA) is 12.0 Å². The van der Waals surface area contributed by atoms with E-state index in [4.69, 9.17) is 0 Å². The minimum atomic E-state index is -4.62. The first-order chi connectivity index (χ1) is 7.64. The van der Waals surface area contributed by atoms with E-state index in [-0.39, 0.29) is 12.1 Å². The number of benzene rings is 1. The molecule has 1 rings (SSSR count). The third-order valence-electron chi connectivity index (χ3n) is 2.21. The quantitative estimate of drug-likeness (QED) is 0.812. The Morgan fingerprint density at radius 2 is 1.53 bits per heavy atom. The molecular weight excluding hydrogens is 241 g/mol. The van der Waals surface area contributed by atoms with Crippen LogP contribution in [0.2, 0.25) is 0 Å². The van der Waals surface area contributed by atoms with E-state index < -0.39 is 23.2 Å². The average molecular weight is 253 g/mol. The first-order valence-electron chi connectivity index (χ1n) is 4.88. The highest BCUT2D eigenvalue weighted by molar-refractivity contribution is 5.34. The summed E-state index contributed by atoms with van der Waals surface area (Å²) >= 11 is 0. The van der Waals surface area contributed by atoms with Gasteiger partial charge in [-0.2, -0.15) is 13.2 Å². The second-order valence-electron chi connectivity index (χ2n) is 3.84. The SMILES string of the molecule is CNCc1cc(C(C)(F)F)cc(C(F)(F)F)c1. The Morgan fingerprint density at radius 3 is 1.94 bits per heavy atom. The molecule has 0 aromatic heterocycles. The van der Waals surface area contributed by atoms with Gasteiger partial charge in [-0.25, -0.2) is 8.78 Å². The summed E-state index contributed by atoms with van der Waals surface area (Å²) in [6.45, 7) is 0.679. The lowest BCUT2D eigenvalue weighted by Gasteiger charge is -2.16. The zero-order chi connectivity index (χ0) is 13.3. The fourth-order valence-electron chi connectivity index (χ4n) is 1.42. The standard InChI is InChI=1S/C11H12F5N/c1-10(12,13)8-3-7(6-17-2)4-9(5-8)11(14,15)16/h3-5,17H,6H2,1-2H3. The van der Waals surface area contributed by atoms with E-state index in [1.54, 1.807) is 0 Å². The summed E-state index contributed by atoms with van der Waals surface area (Å²) in [4.78, 5) is 0. The minimum Gasteiger partial charge on any atom is -0.316 e. The number of hydrogen-bond donors (Lipinski definition) is 1. The normalized spacial score (nSPS) is 12.9. The Balaban J connectivity index is 3.29. The van der Waals surface area contributed by atoms with Crippen molar-refractivity contribution >= 4 is 0 Å². The highest BCUT2D eigenvalue weighted by Crippen LogP contribution is 2.35. The molecule has 0 aliphatic rings. The van der Waals surface area contributed by atoms with Crippen molar-refractivity contribution in [3.63, 3.8) is 0 Å². The lowest BCUT2D eigenvalue weighted by Crippen LogP contribution is -2.14. The average Bonchev–Trinajstić information content (AvgIpc) is 2.15. The Morgan fingerprint density at radius 1 is 1.00 bits per heavy atom. The Bertz CT molecular complexity index is 360. The zero-order valence-corrected chi connectivity index (χ0v) is 9.33. The lowest BCUT2D eigenvalue weighted by molar-refractivity contribution is -0.137. The van der Waals surface area contributed by atoms with Gasteiger partial charge in [0, 0.05) is 19.0 Å². The van der Waals surface area contributed by atoms with Crippen molar-refractivity contribution < 1.29 is 22.0 Å². The van der Waals surface area contributed by atoms with Crippen LogP contribution in [0, 0.1) is 0 Å². The van der Waals surface area contributed by atoms with Crippen LogP contribution in [0.15, 0.2) is 18.2 Å². The molecule has 0 fully saturated rings. The van der Waals surface area contributed by atoms with Gasteiger partial charge >= 0.3 is 6.18 Å². The van der Waals surface area contributed by atoms with Crippen molar-refractivity contribution in [3.8, 4) is 0 Å². The molecule has 1 aromatic carbocycles. The van der Waals surface area contributed by atoms with Crippen molar-refractivity contribution in [2.75, 3.05) is 7.05 Å². The summed E-state index contributed by atoms with van der Waals surface area (Å²) in [5, 5.41) is 2.63. The summed E-state index contributed by atoms with van der Waals surface area (Å²) in [5.74, 6) is -3.29. The second-order valence-corrected chi connectivity index (χ2v) is 3.84. The van der Waals surface area contributed by atoms with Crippen LogP contribution < -0.4 is 5.32 Å². The predicted octanol–water partition coefficient (Wildman–Crippen LogP) is 3.54. The molecule has 0 aliphatic carbocycles. The third-order valence-corrected chi connectivity index (χ3v) is 2.21. The van der Waals surface area contributed by atoms with Crippen molar-refractivity contribution in [1.29, 1.82) is 0 Å². The van der Waals surface area contributed by atoms with Gasteiger partial charge in [-0.3, -0.25) is 0 Å². The van der Waals surface area contributed by atoms with Crippen LogP contribution in [0.5, 0.6) is 0 Å². The summed E-state index contributed by atoms with van der Waals surface area (Å²) in [6, 6.07) is 2.43. The van der Waals surface area contributed by atoms with Crippen LogP contribution >= 0.6 is 0 Å². The molecule has 0 aliphatic heterocycles. The van der Waals surface area contributed by atoms with Gasteiger partial charge in [0.05, 0.1) is 5.56 Å². The molecule has 0 radical (unpaired) electrons. The van der Waals surface area contributed by atoms with Crippen LogP contribution in [0.1, 0.15) is 23.6 Å². The molecule has 0 spiro atoms. The van der Waals surface area contributed by atoms with Crippen LogP contribution in [0.4, 0.5) is 22.0 Å². The maximum atomic E-state index is 13.1. The Hall–Kier alpha value is -1.17. The highest BCUT2D eigenvalue weighted by Gasteiger charge is 2.34. The second kappa shape index (κ2) is 4.60. The van der Waals surface area contributed by atoms with Crippen LogP contribution in [-0.4, -0.2) is 7.05 Å². The maximum Gasteiger partial charge on any atom is 0.416 e. The monoisotopic (exact) mass is 253 g/mol. The lowest BCUT2D eigenvalue weighted by atomic mass is 10.0. The number of halogens is 5. The van der Waals surface area contributed by atoms with Crippen LogP contribution in [0.25, 0.3) is 0 Å². The molecule has 0 heterocycles. The van der Waals surface area contributed by atoms with E-state index in [0.717, 1.165) is 12.1 Å². The van der Waals surface area contributed by atoms with E-state index in [9.17, 15) is 22.0 Å². The molecule has 0 unspecified atom stereocenters. The van der Waals surface area contributed by atoms with E-state index in [0.29, 0.717) is 13.0 Å². The number of nitrogens with one attached hydrogen (secondary N) is 1. The fourth-order valence-corrected chi connectivity index (χ4v) is 1.42. The molecule has 0 saturated carbocycles. The number of alkyl halides is 5. The number of rotatable bonds is 3. The molecular formula is C11H12F5N. The summed E-state index contributed by atoms with van der Waals surface area (Å²) < 4.78 is 63.6. The summed E-state index contributed by atoms with van der Waals surface area (Å²) in [7, 11) is 1.53. The molecule has 0 saturated heterocycles. The molecule has 96 valence electrons. The van der Waals surface area contributed by atoms with Gasteiger partial charge < -0.3 is 5.32 Å². The molecule has 1 N–H and O–H groups in total. The third kappa shape index (κ3) is 3.66. The zero-order valence-electron chi connectivity index (χ0n) is 9.33. The first-order valence-corrected chi connectivity index (χ1v) is 4.88. The minimum absolute atomic E-state index is 0.104. The van der Waals surface area contributed by atoms with E-state index in [1.165, 1.54) is 7.05 Å². The maximum absolute atomic E-state index is 13.1. The summed E-state index contributed by atoms with van der Waals surface area (Å²) in [6.07, 6.45) is -4.62. The molecule has 1 aromatic rings. The van der Waals surface area contributed by atoms with E-state index in [1.807, 2.05) is 0 Å². The fraction of sp³-hybridized carbons (Fsp3) is 0.455. The van der Waals surface area contributed by atoms with E-state index in [2.05, 4.69) is 5.32 Å². The van der Waals surface area contributed by atoms with Gasteiger partial charge in [0.1, 0.15) is 0 Å². The molecule has 6 heteroatoms. The van der Waals surface area contributed by atoms with Gasteiger partial charge in [-0.05, 0) is 30.8 Å². The van der Waals surface area contributed by atoms with Crippen molar-refractivity contribution in [2.45, 2.75) is 25.6 Å². The molecule has 0 amide bonds. The molecule has 1 nitrogen and oxygen atoms in total. The molecule has 0 bridgehead atoms. The highest BCUT2D eigenvalue weighted by atomic mass is 19.4. The van der Waals surface area contributed by atoms with Crippen molar-refractivity contribution in [3.05, 3.63) is 34.9 Å². The predicted molar refractivity (Wildman–Crippen MR) is 53.8 cm³/mol.